The highest BCUT2D eigenvalue weighted by atomic mass is 35.5. The van der Waals surface area contributed by atoms with Crippen molar-refractivity contribution in [1.82, 2.24) is 4.98 Å². The Hall–Kier alpha value is -1.80. The molecule has 0 unspecified atom stereocenters. The highest BCUT2D eigenvalue weighted by Crippen LogP contribution is 2.19. The van der Waals surface area contributed by atoms with Crippen LogP contribution in [-0.4, -0.2) is 25.1 Å². The number of aromatic nitrogens is 2. The van der Waals surface area contributed by atoms with Crippen molar-refractivity contribution in [2.24, 2.45) is 7.05 Å². The van der Waals surface area contributed by atoms with Gasteiger partial charge in [-0.2, -0.15) is 4.57 Å². The quantitative estimate of drug-likeness (QED) is 0.290. The number of fused-ring (bicyclic) bond motifs is 2. The standard InChI is InChI=1S/C14H12ClN2.CH4O4S/c1-9-4-3-5-12-14(9)16-11-7-6-10(15)8-13(11)17(12)2;1-5-6(2,3)4/h3-8H,1-2H3;1H3,(H,2,3,4)/q+1;/p-1. The van der Waals surface area contributed by atoms with E-state index in [1.54, 1.807) is 0 Å². The van der Waals surface area contributed by atoms with E-state index < -0.39 is 10.4 Å². The van der Waals surface area contributed by atoms with Crippen LogP contribution in [0.3, 0.4) is 0 Å². The molecule has 6 nitrogen and oxygen atoms in total. The Morgan fingerprint density at radius 1 is 1.22 bits per heavy atom. The summed E-state index contributed by atoms with van der Waals surface area (Å²) < 4.78 is 33.2. The molecule has 0 aliphatic heterocycles. The highest BCUT2D eigenvalue weighted by Gasteiger charge is 2.14. The van der Waals surface area contributed by atoms with Gasteiger partial charge in [0.2, 0.25) is 21.4 Å². The minimum atomic E-state index is -4.41. The van der Waals surface area contributed by atoms with Crippen molar-refractivity contribution in [3.63, 3.8) is 0 Å². The van der Waals surface area contributed by atoms with Crippen molar-refractivity contribution in [3.05, 3.63) is 47.0 Å². The predicted molar refractivity (Wildman–Crippen MR) is 86.9 cm³/mol. The van der Waals surface area contributed by atoms with Gasteiger partial charge < -0.3 is 4.55 Å². The lowest BCUT2D eigenvalue weighted by molar-refractivity contribution is -0.617. The van der Waals surface area contributed by atoms with Gasteiger partial charge in [0.05, 0.1) is 7.11 Å². The number of benzene rings is 2. The average molecular weight is 355 g/mol. The van der Waals surface area contributed by atoms with Gasteiger partial charge in [-0.25, -0.2) is 13.4 Å². The van der Waals surface area contributed by atoms with E-state index in [2.05, 4.69) is 33.9 Å². The van der Waals surface area contributed by atoms with Crippen LogP contribution in [-0.2, 0) is 21.6 Å². The van der Waals surface area contributed by atoms with Crippen molar-refractivity contribution in [2.45, 2.75) is 6.92 Å². The van der Waals surface area contributed by atoms with Gasteiger partial charge in [0.1, 0.15) is 18.1 Å². The van der Waals surface area contributed by atoms with Crippen molar-refractivity contribution in [2.75, 3.05) is 7.11 Å². The van der Waals surface area contributed by atoms with Crippen molar-refractivity contribution in [1.29, 1.82) is 0 Å². The summed E-state index contributed by atoms with van der Waals surface area (Å²) in [5, 5.41) is 0.738. The largest absolute Gasteiger partial charge is 0.726 e. The Morgan fingerprint density at radius 2 is 1.87 bits per heavy atom. The van der Waals surface area contributed by atoms with Crippen LogP contribution in [0.4, 0.5) is 0 Å². The summed E-state index contributed by atoms with van der Waals surface area (Å²) in [5.74, 6) is 0. The minimum Gasteiger partial charge on any atom is -0.726 e. The summed E-state index contributed by atoms with van der Waals surface area (Å²) >= 11 is 6.03. The first-order chi connectivity index (χ1) is 10.7. The molecule has 0 aliphatic rings. The van der Waals surface area contributed by atoms with Crippen LogP contribution in [0.15, 0.2) is 36.4 Å². The lowest BCUT2D eigenvalue weighted by Gasteiger charge is -2.03. The minimum absolute atomic E-state index is 0.738. The second-order valence-electron chi connectivity index (χ2n) is 4.82. The first kappa shape index (κ1) is 17.6. The van der Waals surface area contributed by atoms with Crippen molar-refractivity contribution in [3.8, 4) is 0 Å². The van der Waals surface area contributed by atoms with Crippen molar-refractivity contribution >= 4 is 44.1 Å². The number of rotatable bonds is 1. The topological polar surface area (TPSA) is 83.2 Å². The molecule has 3 rings (SSSR count). The average Bonchev–Trinajstić information content (AvgIpc) is 2.49. The second kappa shape index (κ2) is 6.76. The molecule has 0 amide bonds. The van der Waals surface area contributed by atoms with Gasteiger partial charge in [-0.15, -0.1) is 0 Å². The second-order valence-corrected chi connectivity index (χ2v) is 6.41. The molecule has 0 saturated heterocycles. The molecule has 2 aromatic carbocycles. The van der Waals surface area contributed by atoms with Crippen LogP contribution in [0, 0.1) is 6.92 Å². The molecule has 0 saturated carbocycles. The van der Waals surface area contributed by atoms with Crippen LogP contribution in [0.25, 0.3) is 22.1 Å². The summed E-state index contributed by atoms with van der Waals surface area (Å²) in [6, 6.07) is 12.0. The Labute approximate surface area is 139 Å². The lowest BCUT2D eigenvalue weighted by Crippen LogP contribution is -2.30. The molecule has 0 radical (unpaired) electrons. The molecule has 0 bridgehead atoms. The Bertz CT molecular complexity index is 970. The molecule has 0 N–H and O–H groups in total. The van der Waals surface area contributed by atoms with Crippen molar-refractivity contribution < 1.29 is 21.7 Å². The fourth-order valence-electron chi connectivity index (χ4n) is 2.17. The maximum absolute atomic E-state index is 9.22. The summed E-state index contributed by atoms with van der Waals surface area (Å²) in [7, 11) is -1.56. The van der Waals surface area contributed by atoms with Crippen LogP contribution in [0.2, 0.25) is 5.02 Å². The van der Waals surface area contributed by atoms with Gasteiger partial charge in [-0.1, -0.05) is 23.7 Å². The van der Waals surface area contributed by atoms with E-state index >= 15 is 0 Å². The fraction of sp³-hybridized carbons (Fsp3) is 0.200. The maximum Gasteiger partial charge on any atom is 0.232 e. The first-order valence-corrected chi connectivity index (χ1v) is 8.30. The molecule has 1 heterocycles. The molecule has 0 aliphatic carbocycles. The zero-order valence-corrected chi connectivity index (χ0v) is 14.4. The lowest BCUT2D eigenvalue weighted by atomic mass is 10.1. The summed E-state index contributed by atoms with van der Waals surface area (Å²) in [5.41, 5.74) is 5.38. The van der Waals surface area contributed by atoms with E-state index in [0.29, 0.717) is 0 Å². The molecule has 0 fully saturated rings. The summed E-state index contributed by atoms with van der Waals surface area (Å²) in [4.78, 5) is 4.70. The van der Waals surface area contributed by atoms with Gasteiger partial charge in [-0.3, -0.25) is 4.18 Å². The molecule has 23 heavy (non-hydrogen) atoms. The third kappa shape index (κ3) is 4.14. The van der Waals surface area contributed by atoms with E-state index in [4.69, 9.17) is 16.6 Å². The number of nitrogens with zero attached hydrogens (tertiary/aromatic N) is 2. The molecule has 3 aromatic rings. The zero-order chi connectivity index (χ0) is 17.2. The normalized spacial score (nSPS) is 11.3. The van der Waals surface area contributed by atoms with E-state index in [1.807, 2.05) is 25.2 Å². The number of hydrogen-bond donors (Lipinski definition) is 0. The van der Waals surface area contributed by atoms with Gasteiger partial charge >= 0.3 is 0 Å². The molecule has 122 valence electrons. The molecule has 0 atom stereocenters. The van der Waals surface area contributed by atoms with Crippen LogP contribution < -0.4 is 4.57 Å². The Kier molecular flexibility index (Phi) is 5.16. The molecular weight excluding hydrogens is 340 g/mol. The van der Waals surface area contributed by atoms with Crippen LogP contribution >= 0.6 is 11.6 Å². The van der Waals surface area contributed by atoms with E-state index in [9.17, 15) is 13.0 Å². The van der Waals surface area contributed by atoms with E-state index in [1.165, 1.54) is 5.56 Å². The van der Waals surface area contributed by atoms with Crippen LogP contribution in [0.5, 0.6) is 0 Å². The van der Waals surface area contributed by atoms with Gasteiger partial charge in [0.25, 0.3) is 0 Å². The monoisotopic (exact) mass is 354 g/mol. The zero-order valence-electron chi connectivity index (χ0n) is 12.8. The summed E-state index contributed by atoms with van der Waals surface area (Å²) in [6.07, 6.45) is 0. The predicted octanol–water partition coefficient (Wildman–Crippen LogP) is 2.27. The van der Waals surface area contributed by atoms with E-state index in [0.717, 1.165) is 34.2 Å². The third-order valence-corrected chi connectivity index (χ3v) is 3.96. The smallest absolute Gasteiger partial charge is 0.232 e. The number of halogens is 1. The van der Waals surface area contributed by atoms with Gasteiger partial charge in [0, 0.05) is 17.2 Å². The number of hydrogen-bond acceptors (Lipinski definition) is 5. The number of para-hydroxylation sites is 1. The molecular formula is C15H15ClN2O4S. The van der Waals surface area contributed by atoms with E-state index in [-0.39, 0.29) is 0 Å². The Balaban J connectivity index is 0.000000277. The first-order valence-electron chi connectivity index (χ1n) is 6.59. The Morgan fingerprint density at radius 3 is 2.48 bits per heavy atom. The SMILES string of the molecule is COS(=O)(=O)[O-].Cc1cccc2c1nc1ccc(Cl)cc1[n+]2C. The van der Waals surface area contributed by atoms with Crippen LogP contribution in [0.1, 0.15) is 5.56 Å². The van der Waals surface area contributed by atoms with Gasteiger partial charge in [0.15, 0.2) is 0 Å². The third-order valence-electron chi connectivity index (χ3n) is 3.31. The maximum atomic E-state index is 9.22. The summed E-state index contributed by atoms with van der Waals surface area (Å²) in [6.45, 7) is 2.08. The number of aryl methyl sites for hydroxylation is 2. The molecule has 8 heteroatoms. The fourth-order valence-corrected chi connectivity index (χ4v) is 2.34. The van der Waals surface area contributed by atoms with Gasteiger partial charge in [-0.05, 0) is 24.6 Å². The molecule has 0 spiro atoms. The highest BCUT2D eigenvalue weighted by molar-refractivity contribution is 7.80. The molecule has 1 aromatic heterocycles.